The lowest BCUT2D eigenvalue weighted by molar-refractivity contribution is 0.170. The minimum absolute atomic E-state index is 0.108. The Balaban J connectivity index is 1.96. The van der Waals surface area contributed by atoms with E-state index in [-0.39, 0.29) is 11.6 Å². The van der Waals surface area contributed by atoms with Crippen LogP contribution < -0.4 is 9.47 Å². The molecule has 2 aliphatic heterocycles. The van der Waals surface area contributed by atoms with Crippen LogP contribution in [0.3, 0.4) is 0 Å². The van der Waals surface area contributed by atoms with Gasteiger partial charge in [-0.1, -0.05) is 0 Å². The van der Waals surface area contributed by atoms with Gasteiger partial charge in [-0.15, -0.1) is 0 Å². The van der Waals surface area contributed by atoms with Crippen LogP contribution >= 0.6 is 0 Å². The second kappa shape index (κ2) is 4.42. The minimum Gasteiger partial charge on any atom is -0.486 e. The van der Waals surface area contributed by atoms with E-state index in [1.165, 1.54) is 16.4 Å². The van der Waals surface area contributed by atoms with E-state index in [9.17, 15) is 8.42 Å². The van der Waals surface area contributed by atoms with Crippen molar-refractivity contribution in [2.24, 2.45) is 0 Å². The Kier molecular flexibility index (Phi) is 2.89. The molecule has 0 N–H and O–H groups in total. The third kappa shape index (κ3) is 1.94. The SMILES string of the molecule is O=S(=O)(c1ccc2c(c1)OCCO2)N1CCOC1. The number of fused-ring (bicyclic) bond motifs is 1. The lowest BCUT2D eigenvalue weighted by Crippen LogP contribution is -2.28. The topological polar surface area (TPSA) is 65.1 Å². The predicted octanol–water partition coefficient (Wildman–Crippen LogP) is 0.436. The van der Waals surface area contributed by atoms with E-state index in [1.54, 1.807) is 6.07 Å². The molecule has 2 heterocycles. The maximum atomic E-state index is 12.3. The number of sulfonamides is 1. The van der Waals surface area contributed by atoms with E-state index in [1.807, 2.05) is 0 Å². The van der Waals surface area contributed by atoms with Crippen molar-refractivity contribution in [3.05, 3.63) is 18.2 Å². The molecule has 7 heteroatoms. The van der Waals surface area contributed by atoms with Crippen LogP contribution in [0.2, 0.25) is 0 Å². The van der Waals surface area contributed by atoms with E-state index in [0.717, 1.165) is 0 Å². The summed E-state index contributed by atoms with van der Waals surface area (Å²) < 4.78 is 41.7. The first-order valence-electron chi connectivity index (χ1n) is 5.65. The summed E-state index contributed by atoms with van der Waals surface area (Å²) >= 11 is 0. The monoisotopic (exact) mass is 271 g/mol. The Bertz CT molecular complexity index is 551. The van der Waals surface area contributed by atoms with Crippen molar-refractivity contribution in [1.82, 2.24) is 4.31 Å². The molecule has 2 aliphatic rings. The molecule has 1 aromatic carbocycles. The average Bonchev–Trinajstić information content (AvgIpc) is 2.92. The fourth-order valence-electron chi connectivity index (χ4n) is 1.92. The summed E-state index contributed by atoms with van der Waals surface area (Å²) in [5.41, 5.74) is 0. The molecule has 3 rings (SSSR count). The molecular weight excluding hydrogens is 258 g/mol. The molecule has 0 unspecified atom stereocenters. The zero-order valence-electron chi connectivity index (χ0n) is 9.66. The van der Waals surface area contributed by atoms with Crippen molar-refractivity contribution in [2.75, 3.05) is 33.1 Å². The Labute approximate surface area is 105 Å². The Morgan fingerprint density at radius 3 is 2.56 bits per heavy atom. The van der Waals surface area contributed by atoms with Crippen molar-refractivity contribution in [3.63, 3.8) is 0 Å². The quantitative estimate of drug-likeness (QED) is 0.780. The molecule has 0 aliphatic carbocycles. The summed E-state index contributed by atoms with van der Waals surface area (Å²) in [7, 11) is -3.50. The molecule has 0 spiro atoms. The molecule has 0 saturated carbocycles. The van der Waals surface area contributed by atoms with E-state index in [4.69, 9.17) is 14.2 Å². The third-order valence-electron chi connectivity index (χ3n) is 2.87. The molecule has 0 amide bonds. The fraction of sp³-hybridized carbons (Fsp3) is 0.455. The second-order valence-electron chi connectivity index (χ2n) is 4.02. The molecule has 98 valence electrons. The van der Waals surface area contributed by atoms with Crippen LogP contribution in [-0.4, -0.2) is 45.8 Å². The van der Waals surface area contributed by atoms with Gasteiger partial charge >= 0.3 is 0 Å². The Morgan fingerprint density at radius 2 is 1.83 bits per heavy atom. The molecule has 18 heavy (non-hydrogen) atoms. The highest BCUT2D eigenvalue weighted by Crippen LogP contribution is 2.33. The molecule has 1 saturated heterocycles. The largest absolute Gasteiger partial charge is 0.486 e. The normalized spacial score (nSPS) is 20.0. The number of rotatable bonds is 2. The fourth-order valence-corrected chi connectivity index (χ4v) is 3.24. The highest BCUT2D eigenvalue weighted by molar-refractivity contribution is 7.89. The van der Waals surface area contributed by atoms with Crippen molar-refractivity contribution in [3.8, 4) is 11.5 Å². The van der Waals surface area contributed by atoms with E-state index in [2.05, 4.69) is 0 Å². The molecular formula is C11H13NO5S. The van der Waals surface area contributed by atoms with Gasteiger partial charge in [0.1, 0.15) is 19.9 Å². The average molecular weight is 271 g/mol. The summed E-state index contributed by atoms with van der Waals surface area (Å²) in [4.78, 5) is 0.206. The van der Waals surface area contributed by atoms with Crippen molar-refractivity contribution in [2.45, 2.75) is 4.90 Å². The van der Waals surface area contributed by atoms with Gasteiger partial charge in [0.15, 0.2) is 11.5 Å². The molecule has 0 aromatic heterocycles. The lowest BCUT2D eigenvalue weighted by atomic mass is 10.3. The Morgan fingerprint density at radius 1 is 1.06 bits per heavy atom. The molecule has 1 fully saturated rings. The first-order valence-corrected chi connectivity index (χ1v) is 7.09. The third-order valence-corrected chi connectivity index (χ3v) is 4.69. The Hall–Kier alpha value is -1.31. The number of ether oxygens (including phenoxy) is 3. The smallest absolute Gasteiger partial charge is 0.245 e. The van der Waals surface area contributed by atoms with E-state index >= 15 is 0 Å². The van der Waals surface area contributed by atoms with Gasteiger partial charge in [0.05, 0.1) is 11.5 Å². The van der Waals surface area contributed by atoms with Gasteiger partial charge in [0, 0.05) is 12.6 Å². The van der Waals surface area contributed by atoms with E-state index < -0.39 is 10.0 Å². The maximum absolute atomic E-state index is 12.3. The lowest BCUT2D eigenvalue weighted by Gasteiger charge is -2.20. The van der Waals surface area contributed by atoms with Gasteiger partial charge in [-0.2, -0.15) is 4.31 Å². The van der Waals surface area contributed by atoms with Crippen molar-refractivity contribution in [1.29, 1.82) is 0 Å². The minimum atomic E-state index is -3.50. The number of benzene rings is 1. The molecule has 0 atom stereocenters. The summed E-state index contributed by atoms with van der Waals surface area (Å²) in [5.74, 6) is 1.06. The van der Waals surface area contributed by atoms with Crippen LogP contribution in [0.25, 0.3) is 0 Å². The number of hydrogen-bond donors (Lipinski definition) is 0. The summed E-state index contributed by atoms with van der Waals surface area (Å²) in [6.45, 7) is 1.85. The van der Waals surface area contributed by atoms with Gasteiger partial charge in [-0.25, -0.2) is 8.42 Å². The summed E-state index contributed by atoms with van der Waals surface area (Å²) in [6.07, 6.45) is 0. The molecule has 0 radical (unpaired) electrons. The zero-order chi connectivity index (χ0) is 12.6. The first-order chi connectivity index (χ1) is 8.68. The van der Waals surface area contributed by atoms with Crippen LogP contribution in [-0.2, 0) is 14.8 Å². The summed E-state index contributed by atoms with van der Waals surface area (Å²) in [5, 5.41) is 0. The van der Waals surface area contributed by atoms with Gasteiger partial charge < -0.3 is 14.2 Å². The van der Waals surface area contributed by atoms with Gasteiger partial charge in [-0.3, -0.25) is 0 Å². The van der Waals surface area contributed by atoms with E-state index in [0.29, 0.717) is 37.9 Å². The van der Waals surface area contributed by atoms with Gasteiger partial charge in [-0.05, 0) is 12.1 Å². The van der Waals surface area contributed by atoms with Gasteiger partial charge in [0.2, 0.25) is 10.0 Å². The van der Waals surface area contributed by atoms with Crippen LogP contribution in [0.5, 0.6) is 11.5 Å². The zero-order valence-corrected chi connectivity index (χ0v) is 10.5. The van der Waals surface area contributed by atoms with Crippen LogP contribution in [0.15, 0.2) is 23.1 Å². The second-order valence-corrected chi connectivity index (χ2v) is 5.96. The van der Waals surface area contributed by atoms with Crippen LogP contribution in [0.4, 0.5) is 0 Å². The summed E-state index contributed by atoms with van der Waals surface area (Å²) in [6, 6.07) is 4.65. The first kappa shape index (κ1) is 11.8. The van der Waals surface area contributed by atoms with Crippen molar-refractivity contribution >= 4 is 10.0 Å². The molecule has 0 bridgehead atoms. The highest BCUT2D eigenvalue weighted by Gasteiger charge is 2.29. The number of nitrogens with zero attached hydrogens (tertiary/aromatic N) is 1. The highest BCUT2D eigenvalue weighted by atomic mass is 32.2. The predicted molar refractivity (Wildman–Crippen MR) is 62.1 cm³/mol. The standard InChI is InChI=1S/C11H13NO5S/c13-18(14,12-3-4-15-8-12)9-1-2-10-11(7-9)17-6-5-16-10/h1-2,7H,3-6,8H2. The van der Waals surface area contributed by atoms with Crippen LogP contribution in [0.1, 0.15) is 0 Å². The maximum Gasteiger partial charge on any atom is 0.245 e. The van der Waals surface area contributed by atoms with Crippen molar-refractivity contribution < 1.29 is 22.6 Å². The molecule has 6 nitrogen and oxygen atoms in total. The number of hydrogen-bond acceptors (Lipinski definition) is 5. The van der Waals surface area contributed by atoms with Gasteiger partial charge in [0.25, 0.3) is 0 Å². The molecule has 1 aromatic rings. The van der Waals surface area contributed by atoms with Crippen LogP contribution in [0, 0.1) is 0 Å².